The molecular weight excluding hydrogens is 374 g/mol. The van der Waals surface area contributed by atoms with Gasteiger partial charge in [-0.25, -0.2) is 9.97 Å². The summed E-state index contributed by atoms with van der Waals surface area (Å²) in [6.07, 6.45) is 2.06. The fourth-order valence-electron chi connectivity index (χ4n) is 4.50. The van der Waals surface area contributed by atoms with Gasteiger partial charge in [-0.1, -0.05) is 42.0 Å². The van der Waals surface area contributed by atoms with Crippen LogP contribution < -0.4 is 9.64 Å². The van der Waals surface area contributed by atoms with E-state index in [2.05, 4.69) is 33.1 Å². The molecule has 2 aromatic carbocycles. The molecule has 0 aliphatic carbocycles. The first-order valence-corrected chi connectivity index (χ1v) is 10.5. The summed E-state index contributed by atoms with van der Waals surface area (Å²) in [5.41, 5.74) is 3.43. The molecule has 5 rings (SSSR count). The maximum atomic E-state index is 12.8. The zero-order valence-corrected chi connectivity index (χ0v) is 17.4. The lowest BCUT2D eigenvalue weighted by Gasteiger charge is -2.44. The molecule has 0 saturated carbocycles. The molecule has 0 bridgehead atoms. The van der Waals surface area contributed by atoms with Gasteiger partial charge in [-0.05, 0) is 26.0 Å². The summed E-state index contributed by atoms with van der Waals surface area (Å²) in [5.74, 6) is 2.63. The van der Waals surface area contributed by atoms with Crippen LogP contribution in [0.1, 0.15) is 41.0 Å². The van der Waals surface area contributed by atoms with E-state index in [0.29, 0.717) is 6.42 Å². The first kappa shape index (κ1) is 18.8. The fourth-order valence-corrected chi connectivity index (χ4v) is 4.50. The van der Waals surface area contributed by atoms with Crippen molar-refractivity contribution >= 4 is 11.6 Å². The molecular formula is C25H25N3O2. The first-order chi connectivity index (χ1) is 14.5. The van der Waals surface area contributed by atoms with E-state index < -0.39 is 5.60 Å². The van der Waals surface area contributed by atoms with Gasteiger partial charge in [0, 0.05) is 37.6 Å². The van der Waals surface area contributed by atoms with Crippen molar-refractivity contribution in [3.63, 3.8) is 0 Å². The van der Waals surface area contributed by atoms with E-state index >= 15 is 0 Å². The Morgan fingerprint density at radius 1 is 0.967 bits per heavy atom. The van der Waals surface area contributed by atoms with Gasteiger partial charge < -0.3 is 9.64 Å². The highest BCUT2D eigenvalue weighted by molar-refractivity contribution is 6.00. The van der Waals surface area contributed by atoms with Crippen LogP contribution in [0.15, 0.2) is 54.6 Å². The zero-order valence-electron chi connectivity index (χ0n) is 17.4. The smallest absolute Gasteiger partial charge is 0.170 e. The van der Waals surface area contributed by atoms with Crippen LogP contribution in [-0.2, 0) is 0 Å². The molecule has 1 aromatic heterocycles. The molecule has 3 aromatic rings. The minimum Gasteiger partial charge on any atom is -0.486 e. The molecule has 0 N–H and O–H groups in total. The molecule has 5 nitrogen and oxygen atoms in total. The van der Waals surface area contributed by atoms with E-state index in [-0.39, 0.29) is 5.78 Å². The molecule has 0 unspecified atom stereocenters. The van der Waals surface area contributed by atoms with Gasteiger partial charge in [0.1, 0.15) is 23.0 Å². The Kier molecular flexibility index (Phi) is 4.54. The number of benzene rings is 2. The van der Waals surface area contributed by atoms with Crippen molar-refractivity contribution in [2.45, 2.75) is 38.7 Å². The lowest BCUT2D eigenvalue weighted by atomic mass is 9.82. The Morgan fingerprint density at radius 3 is 2.50 bits per heavy atom. The van der Waals surface area contributed by atoms with E-state index in [0.717, 1.165) is 65.7 Å². The summed E-state index contributed by atoms with van der Waals surface area (Å²) in [6.45, 7) is 5.55. The van der Waals surface area contributed by atoms with Crippen LogP contribution in [0.3, 0.4) is 0 Å². The predicted octanol–water partition coefficient (Wildman–Crippen LogP) is 4.76. The molecule has 1 fully saturated rings. The summed E-state index contributed by atoms with van der Waals surface area (Å²) < 4.78 is 6.41. The highest BCUT2D eigenvalue weighted by Crippen LogP contribution is 2.40. The molecule has 30 heavy (non-hydrogen) atoms. The van der Waals surface area contributed by atoms with Gasteiger partial charge in [0.2, 0.25) is 0 Å². The van der Waals surface area contributed by atoms with Crippen LogP contribution in [0.25, 0.3) is 11.3 Å². The number of aryl methyl sites for hydroxylation is 2. The summed E-state index contributed by atoms with van der Waals surface area (Å²) >= 11 is 0. The largest absolute Gasteiger partial charge is 0.486 e. The average molecular weight is 399 g/mol. The number of hydrogen-bond acceptors (Lipinski definition) is 5. The number of hydrogen-bond donors (Lipinski definition) is 0. The lowest BCUT2D eigenvalue weighted by Crippen LogP contribution is -2.51. The summed E-state index contributed by atoms with van der Waals surface area (Å²) in [7, 11) is 0. The molecule has 5 heteroatoms. The topological polar surface area (TPSA) is 55.3 Å². The monoisotopic (exact) mass is 399 g/mol. The van der Waals surface area contributed by atoms with Gasteiger partial charge in [0.15, 0.2) is 5.78 Å². The Morgan fingerprint density at radius 2 is 1.73 bits per heavy atom. The predicted molar refractivity (Wildman–Crippen MR) is 117 cm³/mol. The van der Waals surface area contributed by atoms with Crippen LogP contribution in [0.2, 0.25) is 0 Å². The number of anilines is 1. The minimum absolute atomic E-state index is 0.192. The number of rotatable bonds is 2. The second kappa shape index (κ2) is 7.24. The molecule has 0 amide bonds. The molecule has 152 valence electrons. The van der Waals surface area contributed by atoms with Crippen molar-refractivity contribution in [2.24, 2.45) is 0 Å². The summed E-state index contributed by atoms with van der Waals surface area (Å²) in [5, 5.41) is 0. The van der Waals surface area contributed by atoms with Gasteiger partial charge in [0.25, 0.3) is 0 Å². The van der Waals surface area contributed by atoms with Crippen molar-refractivity contribution < 1.29 is 9.53 Å². The fraction of sp³-hybridized carbons (Fsp3) is 0.320. The first-order valence-electron chi connectivity index (χ1n) is 10.5. The van der Waals surface area contributed by atoms with Crippen molar-refractivity contribution in [1.29, 1.82) is 0 Å². The number of aromatic nitrogens is 2. The highest BCUT2D eigenvalue weighted by Gasteiger charge is 2.43. The standard InChI is InChI=1S/C25H25N3O2/c1-17-8-9-23-20(14-17)22(29)16-25(30-23)10-12-28(13-11-25)24-15-21(26-18(2)27-24)19-6-4-3-5-7-19/h3-9,14-15H,10-13,16H2,1-2H3. The van der Waals surface area contributed by atoms with Gasteiger partial charge in [-0.3, -0.25) is 4.79 Å². The maximum absolute atomic E-state index is 12.8. The molecule has 1 saturated heterocycles. The molecule has 2 aliphatic heterocycles. The van der Waals surface area contributed by atoms with E-state index in [1.165, 1.54) is 0 Å². The second-order valence-corrected chi connectivity index (χ2v) is 8.40. The number of Topliss-reactive ketones (excluding diaryl/α,β-unsaturated/α-hetero) is 1. The minimum atomic E-state index is -0.403. The third-order valence-electron chi connectivity index (χ3n) is 6.14. The summed E-state index contributed by atoms with van der Waals surface area (Å²) in [6, 6.07) is 18.1. The lowest BCUT2D eigenvalue weighted by molar-refractivity contribution is 0.0231. The average Bonchev–Trinajstić information content (AvgIpc) is 2.75. The third-order valence-corrected chi connectivity index (χ3v) is 6.14. The van der Waals surface area contributed by atoms with Gasteiger partial charge >= 0.3 is 0 Å². The van der Waals surface area contributed by atoms with E-state index in [4.69, 9.17) is 4.74 Å². The van der Waals surface area contributed by atoms with Crippen molar-refractivity contribution in [1.82, 2.24) is 9.97 Å². The maximum Gasteiger partial charge on any atom is 0.170 e. The Labute approximate surface area is 176 Å². The van der Waals surface area contributed by atoms with E-state index in [1.54, 1.807) is 0 Å². The van der Waals surface area contributed by atoms with Crippen LogP contribution in [0.5, 0.6) is 5.75 Å². The molecule has 2 aliphatic rings. The van der Waals surface area contributed by atoms with Gasteiger partial charge in [-0.15, -0.1) is 0 Å². The van der Waals surface area contributed by atoms with Crippen molar-refractivity contribution in [3.8, 4) is 17.0 Å². The third kappa shape index (κ3) is 3.45. The number of fused-ring (bicyclic) bond motifs is 1. The Bertz CT molecular complexity index is 1100. The quantitative estimate of drug-likeness (QED) is 0.622. The Hall–Kier alpha value is -3.21. The highest BCUT2D eigenvalue weighted by atomic mass is 16.5. The second-order valence-electron chi connectivity index (χ2n) is 8.40. The van der Waals surface area contributed by atoms with Gasteiger partial charge in [0.05, 0.1) is 17.7 Å². The number of carbonyl (C=O) groups is 1. The van der Waals surface area contributed by atoms with E-state index in [9.17, 15) is 4.79 Å². The molecule has 0 atom stereocenters. The van der Waals surface area contributed by atoms with Crippen molar-refractivity contribution in [2.75, 3.05) is 18.0 Å². The molecule has 1 spiro atoms. The van der Waals surface area contributed by atoms with Crippen LogP contribution >= 0.6 is 0 Å². The number of carbonyl (C=O) groups excluding carboxylic acids is 1. The molecule has 0 radical (unpaired) electrons. The van der Waals surface area contributed by atoms with Crippen molar-refractivity contribution in [3.05, 3.63) is 71.5 Å². The Balaban J connectivity index is 1.36. The zero-order chi connectivity index (χ0) is 20.7. The number of ether oxygens (including phenoxy) is 1. The van der Waals surface area contributed by atoms with Gasteiger partial charge in [-0.2, -0.15) is 0 Å². The van der Waals surface area contributed by atoms with Crippen LogP contribution in [0.4, 0.5) is 5.82 Å². The van der Waals surface area contributed by atoms with Crippen LogP contribution in [0, 0.1) is 13.8 Å². The number of ketones is 1. The number of nitrogens with zero attached hydrogens (tertiary/aromatic N) is 3. The molecule has 3 heterocycles. The number of piperidine rings is 1. The summed E-state index contributed by atoms with van der Waals surface area (Å²) in [4.78, 5) is 24.4. The normalized spacial score (nSPS) is 17.5. The van der Waals surface area contributed by atoms with Crippen LogP contribution in [-0.4, -0.2) is 34.4 Å². The van der Waals surface area contributed by atoms with E-state index in [1.807, 2.05) is 50.2 Å². The SMILES string of the molecule is Cc1ccc2c(c1)C(=O)CC1(CCN(c3cc(-c4ccccc4)nc(C)n3)CC1)O2.